The maximum Gasteiger partial charge on any atom is 0.216 e. The molecule has 0 rings (SSSR count). The van der Waals surface area contributed by atoms with E-state index in [1.807, 2.05) is 13.8 Å². The average molecular weight is 209 g/mol. The largest absolute Gasteiger partial charge is 0.395 e. The Kier molecular flexibility index (Phi) is 6.28. The fourth-order valence-electron chi connectivity index (χ4n) is 1.13. The van der Waals surface area contributed by atoms with E-state index in [9.17, 15) is 8.42 Å². The molecule has 0 aromatic rings. The summed E-state index contributed by atoms with van der Waals surface area (Å²) in [7, 11) is -3.21. The van der Waals surface area contributed by atoms with E-state index in [0.29, 0.717) is 13.1 Å². The van der Waals surface area contributed by atoms with Crippen LogP contribution in [0.15, 0.2) is 0 Å². The molecule has 13 heavy (non-hydrogen) atoms. The zero-order chi connectivity index (χ0) is 10.3. The summed E-state index contributed by atoms with van der Waals surface area (Å²) in [5, 5.41) is 8.58. The second kappa shape index (κ2) is 6.34. The van der Waals surface area contributed by atoms with Gasteiger partial charge in [-0.15, -0.1) is 0 Å². The first-order valence-electron chi connectivity index (χ1n) is 4.67. The van der Waals surface area contributed by atoms with Gasteiger partial charge >= 0.3 is 0 Å². The van der Waals surface area contributed by atoms with E-state index in [2.05, 4.69) is 0 Å². The van der Waals surface area contributed by atoms with Crippen LogP contribution in [0.1, 0.15) is 26.7 Å². The van der Waals surface area contributed by atoms with Crippen molar-refractivity contribution in [3.8, 4) is 0 Å². The molecule has 0 aliphatic rings. The molecular weight excluding hydrogens is 190 g/mol. The topological polar surface area (TPSA) is 57.6 Å². The number of aliphatic hydroxyl groups is 1. The van der Waals surface area contributed by atoms with Crippen LogP contribution in [-0.2, 0) is 10.0 Å². The van der Waals surface area contributed by atoms with Crippen molar-refractivity contribution in [1.29, 1.82) is 0 Å². The predicted molar refractivity (Wildman–Crippen MR) is 53.0 cm³/mol. The van der Waals surface area contributed by atoms with Crippen LogP contribution in [0, 0.1) is 0 Å². The highest BCUT2D eigenvalue weighted by Crippen LogP contribution is 2.03. The Morgan fingerprint density at radius 2 is 1.62 bits per heavy atom. The highest BCUT2D eigenvalue weighted by atomic mass is 32.2. The number of hydrogen-bond acceptors (Lipinski definition) is 3. The lowest BCUT2D eigenvalue weighted by molar-refractivity contribution is 0.313. The third kappa shape index (κ3) is 4.59. The number of sulfonamides is 1. The molecule has 0 bridgehead atoms. The van der Waals surface area contributed by atoms with Gasteiger partial charge in [0.25, 0.3) is 0 Å². The third-order valence-electron chi connectivity index (χ3n) is 1.69. The van der Waals surface area contributed by atoms with Gasteiger partial charge in [0.2, 0.25) is 10.0 Å². The van der Waals surface area contributed by atoms with E-state index < -0.39 is 10.0 Å². The fraction of sp³-hybridized carbons (Fsp3) is 1.00. The summed E-state index contributed by atoms with van der Waals surface area (Å²) in [6.07, 6.45) is 1.62. The zero-order valence-corrected chi connectivity index (χ0v) is 9.18. The Hall–Kier alpha value is -0.130. The molecule has 0 amide bonds. The van der Waals surface area contributed by atoms with Gasteiger partial charge in [-0.1, -0.05) is 13.8 Å². The predicted octanol–water partition coefficient (Wildman–Crippen LogP) is 0.430. The molecule has 0 spiro atoms. The van der Waals surface area contributed by atoms with Crippen LogP contribution in [0.4, 0.5) is 0 Å². The Labute approximate surface area is 80.6 Å². The van der Waals surface area contributed by atoms with E-state index in [-0.39, 0.29) is 12.4 Å². The number of hydrogen-bond donors (Lipinski definition) is 1. The van der Waals surface area contributed by atoms with Gasteiger partial charge in [0, 0.05) is 13.1 Å². The monoisotopic (exact) mass is 209 g/mol. The lowest BCUT2D eigenvalue weighted by Gasteiger charge is -2.20. The van der Waals surface area contributed by atoms with E-state index in [0.717, 1.165) is 12.8 Å². The van der Waals surface area contributed by atoms with Gasteiger partial charge in [0.1, 0.15) is 0 Å². The molecule has 0 aliphatic heterocycles. The lowest BCUT2D eigenvalue weighted by Crippen LogP contribution is -2.35. The molecule has 4 nitrogen and oxygen atoms in total. The van der Waals surface area contributed by atoms with Crippen molar-refractivity contribution in [2.45, 2.75) is 26.7 Å². The van der Waals surface area contributed by atoms with Crippen LogP contribution in [0.5, 0.6) is 0 Å². The van der Waals surface area contributed by atoms with Crippen molar-refractivity contribution in [2.75, 3.05) is 25.4 Å². The molecule has 0 aliphatic carbocycles. The van der Waals surface area contributed by atoms with Crippen LogP contribution >= 0.6 is 0 Å². The summed E-state index contributed by atoms with van der Waals surface area (Å²) >= 11 is 0. The van der Waals surface area contributed by atoms with Crippen LogP contribution in [0.25, 0.3) is 0 Å². The SMILES string of the molecule is CCCN(CCC)S(=O)(=O)CCO. The smallest absolute Gasteiger partial charge is 0.216 e. The molecular formula is C8H19NO3S. The van der Waals surface area contributed by atoms with Gasteiger partial charge in [0.15, 0.2) is 0 Å². The van der Waals surface area contributed by atoms with Gasteiger partial charge in [-0.2, -0.15) is 0 Å². The molecule has 0 unspecified atom stereocenters. The van der Waals surface area contributed by atoms with E-state index in [1.165, 1.54) is 4.31 Å². The van der Waals surface area contributed by atoms with Crippen molar-refractivity contribution >= 4 is 10.0 Å². The second-order valence-electron chi connectivity index (χ2n) is 2.94. The third-order valence-corrected chi connectivity index (χ3v) is 3.54. The minimum Gasteiger partial charge on any atom is -0.395 e. The fourth-order valence-corrected chi connectivity index (χ4v) is 2.54. The number of nitrogens with zero attached hydrogens (tertiary/aromatic N) is 1. The Balaban J connectivity index is 4.33. The van der Waals surface area contributed by atoms with Gasteiger partial charge in [-0.25, -0.2) is 12.7 Å². The van der Waals surface area contributed by atoms with E-state index in [4.69, 9.17) is 5.11 Å². The van der Waals surface area contributed by atoms with Crippen LogP contribution in [-0.4, -0.2) is 43.3 Å². The first-order valence-corrected chi connectivity index (χ1v) is 6.28. The van der Waals surface area contributed by atoms with Crippen LogP contribution in [0.2, 0.25) is 0 Å². The van der Waals surface area contributed by atoms with E-state index in [1.54, 1.807) is 0 Å². The van der Waals surface area contributed by atoms with Gasteiger partial charge in [-0.05, 0) is 12.8 Å². The quantitative estimate of drug-likeness (QED) is 0.661. The van der Waals surface area contributed by atoms with Crippen molar-refractivity contribution in [1.82, 2.24) is 4.31 Å². The molecule has 0 atom stereocenters. The van der Waals surface area contributed by atoms with E-state index >= 15 is 0 Å². The standard InChI is InChI=1S/C8H19NO3S/c1-3-5-9(6-4-2)13(11,12)8-7-10/h10H,3-8H2,1-2H3. The number of aliphatic hydroxyl groups excluding tert-OH is 1. The summed E-state index contributed by atoms with van der Waals surface area (Å²) in [6.45, 7) is 4.69. The molecule has 80 valence electrons. The van der Waals surface area contributed by atoms with Gasteiger partial charge < -0.3 is 5.11 Å². The molecule has 0 radical (unpaired) electrons. The normalized spacial score (nSPS) is 12.3. The minimum atomic E-state index is -3.21. The molecule has 0 aromatic carbocycles. The summed E-state index contributed by atoms with van der Waals surface area (Å²) in [6, 6.07) is 0. The molecule has 0 aromatic heterocycles. The summed E-state index contributed by atoms with van der Waals surface area (Å²) in [4.78, 5) is 0. The van der Waals surface area contributed by atoms with Gasteiger partial charge in [0.05, 0.1) is 12.4 Å². The molecule has 5 heteroatoms. The molecule has 0 heterocycles. The summed E-state index contributed by atoms with van der Waals surface area (Å²) < 4.78 is 24.4. The number of rotatable bonds is 7. The zero-order valence-electron chi connectivity index (χ0n) is 8.36. The summed E-state index contributed by atoms with van der Waals surface area (Å²) in [5.74, 6) is -0.160. The Morgan fingerprint density at radius 1 is 1.15 bits per heavy atom. The van der Waals surface area contributed by atoms with Gasteiger partial charge in [-0.3, -0.25) is 0 Å². The lowest BCUT2D eigenvalue weighted by atomic mass is 10.4. The highest BCUT2D eigenvalue weighted by Gasteiger charge is 2.18. The maximum atomic E-state index is 11.5. The summed E-state index contributed by atoms with van der Waals surface area (Å²) in [5.41, 5.74) is 0. The van der Waals surface area contributed by atoms with Crippen molar-refractivity contribution in [3.05, 3.63) is 0 Å². The molecule has 0 saturated heterocycles. The first kappa shape index (κ1) is 12.9. The van der Waals surface area contributed by atoms with Crippen LogP contribution in [0.3, 0.4) is 0 Å². The Bertz CT molecular complexity index is 207. The highest BCUT2D eigenvalue weighted by molar-refractivity contribution is 7.89. The Morgan fingerprint density at radius 3 is 1.92 bits per heavy atom. The molecule has 0 fully saturated rings. The van der Waals surface area contributed by atoms with Crippen molar-refractivity contribution in [2.24, 2.45) is 0 Å². The minimum absolute atomic E-state index is 0.160. The van der Waals surface area contributed by atoms with Crippen molar-refractivity contribution in [3.63, 3.8) is 0 Å². The second-order valence-corrected chi connectivity index (χ2v) is 5.03. The molecule has 1 N–H and O–H groups in total. The van der Waals surface area contributed by atoms with Crippen molar-refractivity contribution < 1.29 is 13.5 Å². The van der Waals surface area contributed by atoms with Crippen LogP contribution < -0.4 is 0 Å². The average Bonchev–Trinajstić information content (AvgIpc) is 2.04. The maximum absolute atomic E-state index is 11.5. The molecule has 0 saturated carbocycles. The first-order chi connectivity index (χ1) is 6.08.